The summed E-state index contributed by atoms with van der Waals surface area (Å²) in [5.41, 5.74) is 2.33. The van der Waals surface area contributed by atoms with Crippen LogP contribution in [-0.4, -0.2) is 50.7 Å². The standard InChI is InChI=1S/C26H24ClN7O4/c1-14-30-22(33-38-14)21-20(27)17-4-2-3-5-19(17)34(21)16-8-6-15(7-9-16)12-28-24(36)26(10-11-26)32-23(35)18-13-29-25(37)31-18/h2-9,18H,10-13H2,1H3,(H,28,36)(H,32,35)(H2,29,31,37). The molecule has 1 atom stereocenters. The summed E-state index contributed by atoms with van der Waals surface area (Å²) < 4.78 is 7.19. The third-order valence-electron chi connectivity index (χ3n) is 6.84. The molecule has 0 spiro atoms. The van der Waals surface area contributed by atoms with Gasteiger partial charge in [0, 0.05) is 31.1 Å². The quantitative estimate of drug-likeness (QED) is 0.287. The summed E-state index contributed by atoms with van der Waals surface area (Å²) in [6.45, 7) is 2.22. The molecule has 3 heterocycles. The van der Waals surface area contributed by atoms with Crippen molar-refractivity contribution >= 4 is 40.3 Å². The van der Waals surface area contributed by atoms with Crippen LogP contribution in [0, 0.1) is 6.92 Å². The van der Waals surface area contributed by atoms with Crippen molar-refractivity contribution in [1.29, 1.82) is 0 Å². The predicted octanol–water partition coefficient (Wildman–Crippen LogP) is 2.59. The van der Waals surface area contributed by atoms with Gasteiger partial charge in [-0.3, -0.25) is 9.59 Å². The summed E-state index contributed by atoms with van der Waals surface area (Å²) >= 11 is 6.76. The molecule has 1 saturated heterocycles. The fraction of sp³-hybridized carbons (Fsp3) is 0.269. The Morgan fingerprint density at radius 1 is 1.18 bits per heavy atom. The minimum absolute atomic E-state index is 0.199. The highest BCUT2D eigenvalue weighted by molar-refractivity contribution is 6.38. The number of aromatic nitrogens is 3. The van der Waals surface area contributed by atoms with E-state index in [2.05, 4.69) is 31.4 Å². The van der Waals surface area contributed by atoms with Gasteiger partial charge in [0.1, 0.15) is 17.3 Å². The lowest BCUT2D eigenvalue weighted by atomic mass is 10.1. The Morgan fingerprint density at radius 2 is 1.95 bits per heavy atom. The summed E-state index contributed by atoms with van der Waals surface area (Å²) in [6.07, 6.45) is 1.11. The van der Waals surface area contributed by atoms with Crippen LogP contribution in [0.5, 0.6) is 0 Å². The smallest absolute Gasteiger partial charge is 0.315 e. The molecule has 2 aromatic carbocycles. The van der Waals surface area contributed by atoms with Crippen LogP contribution in [0.15, 0.2) is 53.1 Å². The summed E-state index contributed by atoms with van der Waals surface area (Å²) in [7, 11) is 0. The fourth-order valence-electron chi connectivity index (χ4n) is 4.65. The van der Waals surface area contributed by atoms with Crippen molar-refractivity contribution in [3.63, 3.8) is 0 Å². The molecule has 1 saturated carbocycles. The number of carbonyl (C=O) groups excluding carboxylic acids is 3. The Kier molecular flexibility index (Phi) is 5.79. The zero-order valence-corrected chi connectivity index (χ0v) is 21.1. The molecule has 1 aliphatic heterocycles. The lowest BCUT2D eigenvalue weighted by molar-refractivity contribution is -0.130. The molecule has 12 heteroatoms. The van der Waals surface area contributed by atoms with Crippen LogP contribution in [0.1, 0.15) is 24.3 Å². The van der Waals surface area contributed by atoms with Crippen LogP contribution in [0.2, 0.25) is 5.02 Å². The van der Waals surface area contributed by atoms with Gasteiger partial charge < -0.3 is 30.4 Å². The number of nitrogens with one attached hydrogen (secondary N) is 4. The summed E-state index contributed by atoms with van der Waals surface area (Å²) in [5.74, 6) is 0.216. The van der Waals surface area contributed by atoms with Crippen molar-refractivity contribution in [1.82, 2.24) is 36.0 Å². The van der Waals surface area contributed by atoms with Crippen molar-refractivity contribution in [2.75, 3.05) is 6.54 Å². The van der Waals surface area contributed by atoms with Gasteiger partial charge in [-0.25, -0.2) is 4.79 Å². The number of hydrogen-bond acceptors (Lipinski definition) is 6. The lowest BCUT2D eigenvalue weighted by Crippen LogP contribution is -2.54. The van der Waals surface area contributed by atoms with Crippen molar-refractivity contribution in [2.45, 2.75) is 37.9 Å². The Labute approximate surface area is 221 Å². The highest BCUT2D eigenvalue weighted by atomic mass is 35.5. The van der Waals surface area contributed by atoms with Crippen molar-refractivity contribution in [3.8, 4) is 17.2 Å². The predicted molar refractivity (Wildman–Crippen MR) is 139 cm³/mol. The average molecular weight is 534 g/mol. The maximum Gasteiger partial charge on any atom is 0.315 e. The molecular weight excluding hydrogens is 510 g/mol. The maximum atomic E-state index is 12.9. The van der Waals surface area contributed by atoms with Gasteiger partial charge in [-0.1, -0.05) is 47.1 Å². The summed E-state index contributed by atoms with van der Waals surface area (Å²) in [4.78, 5) is 41.0. The van der Waals surface area contributed by atoms with E-state index in [0.717, 1.165) is 22.2 Å². The molecule has 194 valence electrons. The summed E-state index contributed by atoms with van der Waals surface area (Å²) in [5, 5.41) is 16.3. The highest BCUT2D eigenvalue weighted by Gasteiger charge is 2.52. The zero-order valence-electron chi connectivity index (χ0n) is 20.4. The molecule has 0 radical (unpaired) electrons. The number of rotatable bonds is 7. The van der Waals surface area contributed by atoms with Gasteiger partial charge in [-0.05, 0) is 36.6 Å². The SMILES string of the molecule is Cc1nc(-c2c(Cl)c3ccccc3n2-c2ccc(CNC(=O)C3(NC(=O)C4CNC(=O)N4)CC3)cc2)no1. The second kappa shape index (κ2) is 9.18. The first-order valence-electron chi connectivity index (χ1n) is 12.2. The van der Waals surface area contributed by atoms with Crippen LogP contribution in [0.25, 0.3) is 28.1 Å². The molecule has 2 aliphatic rings. The van der Waals surface area contributed by atoms with E-state index in [1.54, 1.807) is 6.92 Å². The summed E-state index contributed by atoms with van der Waals surface area (Å²) in [6, 6.07) is 14.4. The van der Waals surface area contributed by atoms with E-state index in [1.165, 1.54) is 0 Å². The van der Waals surface area contributed by atoms with E-state index in [9.17, 15) is 14.4 Å². The molecule has 1 unspecified atom stereocenters. The molecule has 4 N–H and O–H groups in total. The molecule has 6 rings (SSSR count). The number of carbonyl (C=O) groups is 3. The van der Waals surface area contributed by atoms with Gasteiger partial charge >= 0.3 is 6.03 Å². The Bertz CT molecular complexity index is 1570. The largest absolute Gasteiger partial charge is 0.350 e. The van der Waals surface area contributed by atoms with Gasteiger partial charge in [0.05, 0.1) is 10.5 Å². The molecule has 38 heavy (non-hydrogen) atoms. The van der Waals surface area contributed by atoms with Gasteiger partial charge in [0.15, 0.2) is 0 Å². The number of halogens is 1. The fourth-order valence-corrected chi connectivity index (χ4v) is 4.98. The topological polar surface area (TPSA) is 143 Å². The molecule has 4 aromatic rings. The molecule has 2 aromatic heterocycles. The number of urea groups is 1. The number of fused-ring (bicyclic) bond motifs is 1. The second-order valence-electron chi connectivity index (χ2n) is 9.48. The first-order valence-corrected chi connectivity index (χ1v) is 12.6. The van der Waals surface area contributed by atoms with E-state index < -0.39 is 17.6 Å². The monoisotopic (exact) mass is 533 g/mol. The first kappa shape index (κ1) is 24.0. The van der Waals surface area contributed by atoms with Gasteiger partial charge in [0.25, 0.3) is 0 Å². The molecule has 4 amide bonds. The molecular formula is C26H24ClN7O4. The van der Waals surface area contributed by atoms with Crippen molar-refractivity contribution in [2.24, 2.45) is 0 Å². The number of nitrogens with zero attached hydrogens (tertiary/aromatic N) is 3. The maximum absolute atomic E-state index is 12.9. The van der Waals surface area contributed by atoms with Crippen LogP contribution < -0.4 is 21.3 Å². The molecule has 0 bridgehead atoms. The van der Waals surface area contributed by atoms with Gasteiger partial charge in [-0.2, -0.15) is 4.98 Å². The van der Waals surface area contributed by atoms with Gasteiger partial charge in [-0.15, -0.1) is 0 Å². The molecule has 1 aliphatic carbocycles. The van der Waals surface area contributed by atoms with Crippen LogP contribution in [0.3, 0.4) is 0 Å². The highest BCUT2D eigenvalue weighted by Crippen LogP contribution is 2.39. The first-order chi connectivity index (χ1) is 18.3. The number of benzene rings is 2. The lowest BCUT2D eigenvalue weighted by Gasteiger charge is -2.19. The average Bonchev–Trinajstić information content (AvgIpc) is 3.21. The number of amides is 4. The van der Waals surface area contributed by atoms with Crippen LogP contribution in [0.4, 0.5) is 4.79 Å². The van der Waals surface area contributed by atoms with Gasteiger partial charge in [0.2, 0.25) is 23.5 Å². The Morgan fingerprint density at radius 3 is 2.61 bits per heavy atom. The number of aryl methyl sites for hydroxylation is 1. The van der Waals surface area contributed by atoms with Crippen molar-refractivity contribution in [3.05, 3.63) is 65.0 Å². The van der Waals surface area contributed by atoms with Crippen molar-refractivity contribution < 1.29 is 18.9 Å². The zero-order chi connectivity index (χ0) is 26.4. The second-order valence-corrected chi connectivity index (χ2v) is 9.86. The minimum Gasteiger partial charge on any atom is -0.350 e. The third-order valence-corrected chi connectivity index (χ3v) is 7.22. The number of para-hydroxylation sites is 1. The van der Waals surface area contributed by atoms with E-state index in [4.69, 9.17) is 16.1 Å². The Hall–Kier alpha value is -4.38. The molecule has 11 nitrogen and oxygen atoms in total. The minimum atomic E-state index is -0.928. The molecule has 2 fully saturated rings. The van der Waals surface area contributed by atoms with E-state index in [1.807, 2.05) is 53.1 Å². The van der Waals surface area contributed by atoms with Crippen LogP contribution >= 0.6 is 11.6 Å². The third kappa shape index (κ3) is 4.24. The Balaban J connectivity index is 1.18. The van der Waals surface area contributed by atoms with Crippen LogP contribution in [-0.2, 0) is 16.1 Å². The number of hydrogen-bond donors (Lipinski definition) is 4. The van der Waals surface area contributed by atoms with E-state index >= 15 is 0 Å². The van der Waals surface area contributed by atoms with E-state index in [-0.39, 0.29) is 18.4 Å². The van der Waals surface area contributed by atoms with E-state index in [0.29, 0.717) is 41.8 Å². The normalized spacial score (nSPS) is 17.6.